The van der Waals surface area contributed by atoms with E-state index in [2.05, 4.69) is 15.9 Å². The second kappa shape index (κ2) is 8.83. The molecule has 1 aromatic heterocycles. The third-order valence-corrected chi connectivity index (χ3v) is 4.79. The number of hydrogen-bond acceptors (Lipinski definition) is 5. The second-order valence-electron chi connectivity index (χ2n) is 7.23. The highest BCUT2D eigenvalue weighted by Crippen LogP contribution is 2.35. The van der Waals surface area contributed by atoms with E-state index in [0.29, 0.717) is 24.3 Å². The van der Waals surface area contributed by atoms with Crippen LogP contribution in [0.3, 0.4) is 0 Å². The van der Waals surface area contributed by atoms with Gasteiger partial charge >= 0.3 is 11.9 Å². The highest BCUT2D eigenvalue weighted by Gasteiger charge is 2.29. The molecule has 2 aromatic rings. The maximum atomic E-state index is 12.8. The number of pyridine rings is 1. The van der Waals surface area contributed by atoms with Crippen molar-refractivity contribution in [2.45, 2.75) is 52.9 Å². The van der Waals surface area contributed by atoms with Gasteiger partial charge in [0.25, 0.3) is 0 Å². The van der Waals surface area contributed by atoms with Crippen LogP contribution in [0.4, 0.5) is 0 Å². The Morgan fingerprint density at radius 2 is 1.78 bits per heavy atom. The van der Waals surface area contributed by atoms with Crippen molar-refractivity contribution >= 4 is 38.8 Å². The summed E-state index contributed by atoms with van der Waals surface area (Å²) in [5.41, 5.74) is 2.30. The van der Waals surface area contributed by atoms with Gasteiger partial charge in [-0.05, 0) is 47.8 Å². The number of halogens is 1. The summed E-state index contributed by atoms with van der Waals surface area (Å²) in [6.45, 7) is 10.2. The van der Waals surface area contributed by atoms with Crippen LogP contribution >= 0.6 is 15.9 Å². The molecule has 6 heteroatoms. The van der Waals surface area contributed by atoms with Gasteiger partial charge in [0.05, 0.1) is 30.0 Å². The van der Waals surface area contributed by atoms with E-state index in [-0.39, 0.29) is 24.4 Å². The largest absolute Gasteiger partial charge is 0.466 e. The van der Waals surface area contributed by atoms with Gasteiger partial charge in [-0.3, -0.25) is 9.78 Å². The van der Waals surface area contributed by atoms with Gasteiger partial charge in [-0.2, -0.15) is 0 Å². The van der Waals surface area contributed by atoms with Gasteiger partial charge in [0, 0.05) is 21.7 Å². The summed E-state index contributed by atoms with van der Waals surface area (Å²) in [4.78, 5) is 29.6. The predicted molar refractivity (Wildman–Crippen MR) is 109 cm³/mol. The molecule has 0 N–H and O–H groups in total. The van der Waals surface area contributed by atoms with Gasteiger partial charge in [0.15, 0.2) is 0 Å². The van der Waals surface area contributed by atoms with Gasteiger partial charge in [0.2, 0.25) is 0 Å². The van der Waals surface area contributed by atoms with E-state index in [1.54, 1.807) is 13.8 Å². The summed E-state index contributed by atoms with van der Waals surface area (Å²) in [5.74, 6) is -0.694. The smallest absolute Gasteiger partial charge is 0.340 e. The number of fused-ring (bicyclic) bond motifs is 1. The highest BCUT2D eigenvalue weighted by atomic mass is 79.9. The molecule has 1 heterocycles. The van der Waals surface area contributed by atoms with Crippen molar-refractivity contribution in [2.24, 2.45) is 0 Å². The molecule has 0 unspecified atom stereocenters. The Labute approximate surface area is 168 Å². The SMILES string of the molecule is CCOC(=O)CCc1c(C(=O)OCC)c(C(C)(C)C)nc2c(Br)cccc12. The number of aryl methyl sites for hydroxylation is 1. The van der Waals surface area contributed by atoms with Crippen LogP contribution in [0.1, 0.15) is 62.7 Å². The minimum atomic E-state index is -0.407. The van der Waals surface area contributed by atoms with E-state index in [1.807, 2.05) is 39.0 Å². The standard InChI is InChI=1S/C21H26BrNO4/c1-6-26-16(24)12-11-13-14-9-8-10-15(22)18(14)23-19(21(3,4)5)17(13)20(25)27-7-2/h8-10H,6-7,11-12H2,1-5H3. The van der Waals surface area contributed by atoms with Gasteiger partial charge in [-0.15, -0.1) is 0 Å². The third-order valence-electron chi connectivity index (χ3n) is 4.15. The molecule has 0 aliphatic heterocycles. The summed E-state index contributed by atoms with van der Waals surface area (Å²) in [5, 5.41) is 0.838. The number of rotatable bonds is 6. The van der Waals surface area contributed by atoms with E-state index in [1.165, 1.54) is 0 Å². The van der Waals surface area contributed by atoms with Crippen LogP contribution in [0.5, 0.6) is 0 Å². The van der Waals surface area contributed by atoms with Crippen molar-refractivity contribution in [2.75, 3.05) is 13.2 Å². The molecule has 0 saturated carbocycles. The molecule has 0 saturated heterocycles. The van der Waals surface area contributed by atoms with E-state index in [0.717, 1.165) is 20.9 Å². The lowest BCUT2D eigenvalue weighted by molar-refractivity contribution is -0.143. The van der Waals surface area contributed by atoms with Crippen LogP contribution in [-0.4, -0.2) is 30.1 Å². The van der Waals surface area contributed by atoms with E-state index >= 15 is 0 Å². The second-order valence-corrected chi connectivity index (χ2v) is 8.08. The van der Waals surface area contributed by atoms with Gasteiger partial charge in [0.1, 0.15) is 0 Å². The first kappa shape index (κ1) is 21.4. The number of benzene rings is 1. The molecule has 1 aromatic carbocycles. The van der Waals surface area contributed by atoms with Crippen molar-refractivity contribution in [3.8, 4) is 0 Å². The summed E-state index contributed by atoms with van der Waals surface area (Å²) in [7, 11) is 0. The number of ether oxygens (including phenoxy) is 2. The van der Waals surface area contributed by atoms with Crippen LogP contribution in [0, 0.1) is 0 Å². The Morgan fingerprint density at radius 3 is 2.37 bits per heavy atom. The Bertz CT molecular complexity index is 855. The van der Waals surface area contributed by atoms with E-state index < -0.39 is 5.97 Å². The van der Waals surface area contributed by atoms with Gasteiger partial charge < -0.3 is 9.47 Å². The minimum Gasteiger partial charge on any atom is -0.466 e. The molecule has 146 valence electrons. The van der Waals surface area contributed by atoms with Crippen molar-refractivity contribution in [3.63, 3.8) is 0 Å². The maximum Gasteiger partial charge on any atom is 0.340 e. The van der Waals surface area contributed by atoms with Crippen molar-refractivity contribution in [1.82, 2.24) is 4.98 Å². The molecule has 0 aliphatic rings. The fraction of sp³-hybridized carbons (Fsp3) is 0.476. The molecule has 0 fully saturated rings. The van der Waals surface area contributed by atoms with Crippen LogP contribution in [-0.2, 0) is 26.1 Å². The number of para-hydroxylation sites is 1. The molecule has 0 aliphatic carbocycles. The summed E-state index contributed by atoms with van der Waals surface area (Å²) in [6.07, 6.45) is 0.570. The Balaban J connectivity index is 2.75. The minimum absolute atomic E-state index is 0.190. The Kier molecular flexibility index (Phi) is 6.98. The summed E-state index contributed by atoms with van der Waals surface area (Å²) >= 11 is 3.56. The predicted octanol–water partition coefficient (Wildman–Crippen LogP) is 4.97. The summed E-state index contributed by atoms with van der Waals surface area (Å²) < 4.78 is 11.2. The Hall–Kier alpha value is -1.95. The van der Waals surface area contributed by atoms with Crippen LogP contribution < -0.4 is 0 Å². The van der Waals surface area contributed by atoms with Crippen LogP contribution in [0.25, 0.3) is 10.9 Å². The molecule has 5 nitrogen and oxygen atoms in total. The maximum absolute atomic E-state index is 12.8. The number of aromatic nitrogens is 1. The van der Waals surface area contributed by atoms with E-state index in [9.17, 15) is 9.59 Å². The molecule has 0 amide bonds. The number of hydrogen-bond donors (Lipinski definition) is 0. The lowest BCUT2D eigenvalue weighted by atomic mass is 9.84. The zero-order chi connectivity index (χ0) is 20.2. The topological polar surface area (TPSA) is 65.5 Å². The fourth-order valence-electron chi connectivity index (χ4n) is 3.00. The number of nitrogens with zero attached hydrogens (tertiary/aromatic N) is 1. The Morgan fingerprint density at radius 1 is 1.11 bits per heavy atom. The number of esters is 2. The lowest BCUT2D eigenvalue weighted by Crippen LogP contribution is -2.23. The number of carbonyl (C=O) groups excluding carboxylic acids is 2. The molecule has 0 bridgehead atoms. The monoisotopic (exact) mass is 435 g/mol. The van der Waals surface area contributed by atoms with E-state index in [4.69, 9.17) is 14.5 Å². The molecular formula is C21H26BrNO4. The lowest BCUT2D eigenvalue weighted by Gasteiger charge is -2.24. The summed E-state index contributed by atoms with van der Waals surface area (Å²) in [6, 6.07) is 5.73. The average molecular weight is 436 g/mol. The van der Waals surface area contributed by atoms with Crippen LogP contribution in [0.15, 0.2) is 22.7 Å². The zero-order valence-corrected chi connectivity index (χ0v) is 18.1. The molecular weight excluding hydrogens is 410 g/mol. The molecule has 27 heavy (non-hydrogen) atoms. The third kappa shape index (κ3) is 4.86. The first-order valence-corrected chi connectivity index (χ1v) is 9.94. The van der Waals surface area contributed by atoms with Gasteiger partial charge in [-0.1, -0.05) is 32.9 Å². The molecule has 2 rings (SSSR count). The van der Waals surface area contributed by atoms with Crippen molar-refractivity contribution in [3.05, 3.63) is 39.5 Å². The average Bonchev–Trinajstić information content (AvgIpc) is 2.59. The molecule has 0 radical (unpaired) electrons. The molecule has 0 spiro atoms. The molecule has 0 atom stereocenters. The van der Waals surface area contributed by atoms with Crippen LogP contribution in [0.2, 0.25) is 0 Å². The van der Waals surface area contributed by atoms with Crippen molar-refractivity contribution < 1.29 is 19.1 Å². The van der Waals surface area contributed by atoms with Gasteiger partial charge in [-0.25, -0.2) is 4.79 Å². The number of carbonyl (C=O) groups is 2. The fourth-order valence-corrected chi connectivity index (χ4v) is 3.46. The first-order valence-electron chi connectivity index (χ1n) is 9.15. The highest BCUT2D eigenvalue weighted by molar-refractivity contribution is 9.10. The van der Waals surface area contributed by atoms with Crippen molar-refractivity contribution in [1.29, 1.82) is 0 Å². The zero-order valence-electron chi connectivity index (χ0n) is 16.5. The first-order chi connectivity index (χ1) is 12.7. The normalized spacial score (nSPS) is 11.5. The quantitative estimate of drug-likeness (QED) is 0.599.